The summed E-state index contributed by atoms with van der Waals surface area (Å²) in [6.07, 6.45) is 1.42. The molecule has 0 spiro atoms. The fourth-order valence-corrected chi connectivity index (χ4v) is 4.12. The maximum absolute atomic E-state index is 13.1. The van der Waals surface area contributed by atoms with Crippen LogP contribution in [-0.2, 0) is 11.3 Å². The van der Waals surface area contributed by atoms with Gasteiger partial charge in [0, 0.05) is 21.1 Å². The maximum Gasteiger partial charge on any atom is 0.263 e. The molecule has 1 amide bonds. The maximum atomic E-state index is 13.1. The van der Waals surface area contributed by atoms with Gasteiger partial charge in [0.15, 0.2) is 0 Å². The van der Waals surface area contributed by atoms with Gasteiger partial charge in [-0.3, -0.25) is 14.2 Å². The van der Waals surface area contributed by atoms with Gasteiger partial charge in [-0.05, 0) is 42.0 Å². The third kappa shape index (κ3) is 4.08. The zero-order valence-corrected chi connectivity index (χ0v) is 17.8. The molecule has 146 valence electrons. The molecule has 8 heteroatoms. The van der Waals surface area contributed by atoms with Crippen LogP contribution in [0.2, 0.25) is 0 Å². The van der Waals surface area contributed by atoms with Crippen LogP contribution in [0.1, 0.15) is 0 Å². The summed E-state index contributed by atoms with van der Waals surface area (Å²) < 4.78 is 7.44. The molecule has 29 heavy (non-hydrogen) atoms. The predicted molar refractivity (Wildman–Crippen MR) is 119 cm³/mol. The standard InChI is InChI=1S/C21H16BrN3O3S/c1-28-16-8-2-13(3-9-16)17-11-29-20-19(17)21(27)25(12-23-20)10-18(26)24-15-6-4-14(22)5-7-15/h2-9,11-12H,10H2,1H3,(H,24,26). The highest BCUT2D eigenvalue weighted by Gasteiger charge is 2.15. The van der Waals surface area contributed by atoms with E-state index in [0.717, 1.165) is 21.3 Å². The summed E-state index contributed by atoms with van der Waals surface area (Å²) in [4.78, 5) is 30.5. The van der Waals surface area contributed by atoms with E-state index >= 15 is 0 Å². The molecule has 2 aromatic carbocycles. The minimum absolute atomic E-state index is 0.115. The summed E-state index contributed by atoms with van der Waals surface area (Å²) in [5, 5.41) is 5.21. The minimum atomic E-state index is -0.295. The van der Waals surface area contributed by atoms with Gasteiger partial charge in [0.25, 0.3) is 5.56 Å². The fourth-order valence-electron chi connectivity index (χ4n) is 2.95. The molecular formula is C21H16BrN3O3S. The molecule has 0 aliphatic carbocycles. The second-order valence-electron chi connectivity index (χ2n) is 6.29. The number of benzene rings is 2. The van der Waals surface area contributed by atoms with Gasteiger partial charge in [0.05, 0.1) is 18.8 Å². The lowest BCUT2D eigenvalue weighted by atomic mass is 10.1. The van der Waals surface area contributed by atoms with Gasteiger partial charge < -0.3 is 10.1 Å². The molecule has 0 bridgehead atoms. The number of thiophene rings is 1. The first-order valence-electron chi connectivity index (χ1n) is 8.71. The van der Waals surface area contributed by atoms with Crippen molar-refractivity contribution in [3.63, 3.8) is 0 Å². The van der Waals surface area contributed by atoms with Gasteiger partial charge in [0.2, 0.25) is 5.91 Å². The van der Waals surface area contributed by atoms with E-state index < -0.39 is 0 Å². The van der Waals surface area contributed by atoms with Crippen molar-refractivity contribution in [2.45, 2.75) is 6.54 Å². The number of hydrogen-bond acceptors (Lipinski definition) is 5. The molecule has 0 fully saturated rings. The average Bonchev–Trinajstić information content (AvgIpc) is 3.17. The molecule has 0 saturated heterocycles. The first-order valence-corrected chi connectivity index (χ1v) is 10.4. The number of hydrogen-bond donors (Lipinski definition) is 1. The van der Waals surface area contributed by atoms with Crippen molar-refractivity contribution < 1.29 is 9.53 Å². The lowest BCUT2D eigenvalue weighted by molar-refractivity contribution is -0.116. The van der Waals surface area contributed by atoms with E-state index in [2.05, 4.69) is 26.2 Å². The van der Waals surface area contributed by atoms with Crippen LogP contribution in [0.15, 0.2) is 69.5 Å². The number of ether oxygens (including phenoxy) is 1. The number of anilines is 1. The van der Waals surface area contributed by atoms with Gasteiger partial charge in [0.1, 0.15) is 17.1 Å². The largest absolute Gasteiger partial charge is 0.497 e. The van der Waals surface area contributed by atoms with Gasteiger partial charge in [-0.2, -0.15) is 0 Å². The summed E-state index contributed by atoms with van der Waals surface area (Å²) in [5.41, 5.74) is 2.11. The number of aromatic nitrogens is 2. The Hall–Kier alpha value is -2.97. The van der Waals surface area contributed by atoms with Crippen LogP contribution in [0, 0.1) is 0 Å². The molecule has 4 rings (SSSR count). The highest BCUT2D eigenvalue weighted by Crippen LogP contribution is 2.31. The number of nitrogens with zero attached hydrogens (tertiary/aromatic N) is 2. The van der Waals surface area contributed by atoms with Crippen molar-refractivity contribution >= 4 is 49.1 Å². The normalized spacial score (nSPS) is 10.8. The van der Waals surface area contributed by atoms with E-state index in [1.54, 1.807) is 19.2 Å². The topological polar surface area (TPSA) is 73.2 Å². The molecule has 1 N–H and O–H groups in total. The molecule has 2 aromatic heterocycles. The lowest BCUT2D eigenvalue weighted by Crippen LogP contribution is -2.27. The van der Waals surface area contributed by atoms with E-state index in [4.69, 9.17) is 4.74 Å². The number of methoxy groups -OCH3 is 1. The summed E-state index contributed by atoms with van der Waals surface area (Å²) in [6, 6.07) is 14.7. The molecule has 4 aromatic rings. The quantitative estimate of drug-likeness (QED) is 0.465. The van der Waals surface area contributed by atoms with E-state index in [9.17, 15) is 9.59 Å². The molecule has 0 radical (unpaired) electrons. The third-order valence-electron chi connectivity index (χ3n) is 4.40. The molecule has 0 aliphatic heterocycles. The highest BCUT2D eigenvalue weighted by molar-refractivity contribution is 9.10. The van der Waals surface area contributed by atoms with Crippen molar-refractivity contribution in [3.8, 4) is 16.9 Å². The zero-order chi connectivity index (χ0) is 20.4. The Morgan fingerprint density at radius 1 is 1.17 bits per heavy atom. The van der Waals surface area contributed by atoms with Gasteiger partial charge in [-0.1, -0.05) is 28.1 Å². The van der Waals surface area contributed by atoms with E-state index in [0.29, 0.717) is 15.9 Å². The monoisotopic (exact) mass is 469 g/mol. The Balaban J connectivity index is 1.63. The van der Waals surface area contributed by atoms with Crippen molar-refractivity contribution in [2.75, 3.05) is 12.4 Å². The summed E-state index contributed by atoms with van der Waals surface area (Å²) in [5.74, 6) is 0.449. The van der Waals surface area contributed by atoms with Crippen LogP contribution in [0.4, 0.5) is 5.69 Å². The first-order chi connectivity index (χ1) is 14.0. The lowest BCUT2D eigenvalue weighted by Gasteiger charge is -2.08. The van der Waals surface area contributed by atoms with Gasteiger partial charge in [-0.25, -0.2) is 4.98 Å². The van der Waals surface area contributed by atoms with Crippen molar-refractivity contribution in [2.24, 2.45) is 0 Å². The van der Waals surface area contributed by atoms with Crippen LogP contribution in [0.3, 0.4) is 0 Å². The number of nitrogens with one attached hydrogen (secondary N) is 1. The Labute approximate surface area is 178 Å². The van der Waals surface area contributed by atoms with Crippen LogP contribution < -0.4 is 15.6 Å². The Morgan fingerprint density at radius 2 is 1.90 bits per heavy atom. The van der Waals surface area contributed by atoms with Gasteiger partial charge >= 0.3 is 0 Å². The highest BCUT2D eigenvalue weighted by atomic mass is 79.9. The Morgan fingerprint density at radius 3 is 2.59 bits per heavy atom. The second-order valence-corrected chi connectivity index (χ2v) is 8.06. The van der Waals surface area contributed by atoms with Gasteiger partial charge in [-0.15, -0.1) is 11.3 Å². The number of carbonyl (C=O) groups is 1. The third-order valence-corrected chi connectivity index (χ3v) is 5.82. The van der Waals surface area contributed by atoms with Crippen molar-refractivity contribution in [1.29, 1.82) is 0 Å². The zero-order valence-electron chi connectivity index (χ0n) is 15.4. The number of fused-ring (bicyclic) bond motifs is 1. The molecule has 0 aliphatic rings. The Bertz CT molecular complexity index is 1230. The smallest absolute Gasteiger partial charge is 0.263 e. The SMILES string of the molecule is COc1ccc(-c2csc3ncn(CC(=O)Nc4ccc(Br)cc4)c(=O)c23)cc1. The van der Waals surface area contributed by atoms with E-state index in [-0.39, 0.29) is 18.0 Å². The fraction of sp³-hybridized carbons (Fsp3) is 0.0952. The van der Waals surface area contributed by atoms with Crippen LogP contribution in [-0.4, -0.2) is 22.6 Å². The number of amides is 1. The summed E-state index contributed by atoms with van der Waals surface area (Å²) in [7, 11) is 1.61. The van der Waals surface area contributed by atoms with Crippen LogP contribution in [0.25, 0.3) is 21.3 Å². The molecular weight excluding hydrogens is 454 g/mol. The second kappa shape index (κ2) is 8.18. The average molecular weight is 470 g/mol. The molecule has 6 nitrogen and oxygen atoms in total. The van der Waals surface area contributed by atoms with E-state index in [1.807, 2.05) is 41.8 Å². The molecule has 0 saturated carbocycles. The predicted octanol–water partition coefficient (Wildman–Crippen LogP) is 4.53. The van der Waals surface area contributed by atoms with Crippen molar-refractivity contribution in [3.05, 3.63) is 75.1 Å². The molecule has 0 atom stereocenters. The first kappa shape index (κ1) is 19.4. The van der Waals surface area contributed by atoms with E-state index in [1.165, 1.54) is 22.2 Å². The number of rotatable bonds is 5. The Kier molecular flexibility index (Phi) is 5.46. The molecule has 2 heterocycles. The van der Waals surface area contributed by atoms with Crippen LogP contribution >= 0.6 is 27.3 Å². The molecule has 0 unspecified atom stereocenters. The summed E-state index contributed by atoms with van der Waals surface area (Å²) >= 11 is 4.76. The van der Waals surface area contributed by atoms with Crippen LogP contribution in [0.5, 0.6) is 5.75 Å². The van der Waals surface area contributed by atoms with Crippen molar-refractivity contribution in [1.82, 2.24) is 9.55 Å². The summed E-state index contributed by atoms with van der Waals surface area (Å²) in [6.45, 7) is -0.115. The minimum Gasteiger partial charge on any atom is -0.497 e. The number of halogens is 1. The number of carbonyl (C=O) groups excluding carboxylic acids is 1.